The number of rotatable bonds is 8. The van der Waals surface area contributed by atoms with Crippen molar-refractivity contribution in [3.63, 3.8) is 0 Å². The Balaban J connectivity index is 2.32. The second kappa shape index (κ2) is 7.54. The van der Waals surface area contributed by atoms with E-state index in [0.717, 1.165) is 18.7 Å². The predicted octanol–water partition coefficient (Wildman–Crippen LogP) is 2.76. The quantitative estimate of drug-likeness (QED) is 0.738. The van der Waals surface area contributed by atoms with E-state index >= 15 is 0 Å². The molecule has 3 nitrogen and oxygen atoms in total. The van der Waals surface area contributed by atoms with Crippen LogP contribution in [0.25, 0.3) is 0 Å². The van der Waals surface area contributed by atoms with Crippen molar-refractivity contribution in [2.75, 3.05) is 12.8 Å². The largest absolute Gasteiger partial charge is 0.313 e. The lowest BCUT2D eigenvalue weighted by Gasteiger charge is -2.05. The van der Waals surface area contributed by atoms with E-state index in [-0.39, 0.29) is 0 Å². The maximum Gasteiger partial charge on any atom is 0.175 e. The van der Waals surface area contributed by atoms with Crippen molar-refractivity contribution in [3.8, 4) is 0 Å². The summed E-state index contributed by atoms with van der Waals surface area (Å²) in [5.41, 5.74) is 1.12. The fraction of sp³-hybridized carbons (Fsp3) is 0.571. The standard InChI is InChI=1S/C14H23NO2S/c1-3-4-5-6-11-15-12-13-7-9-14(10-8-13)18(2,16)17/h7-10,15H,3-6,11-12H2,1-2H3. The van der Waals surface area contributed by atoms with E-state index in [1.807, 2.05) is 12.1 Å². The van der Waals surface area contributed by atoms with Gasteiger partial charge in [-0.05, 0) is 30.7 Å². The summed E-state index contributed by atoms with van der Waals surface area (Å²) in [5, 5.41) is 3.37. The van der Waals surface area contributed by atoms with Crippen LogP contribution in [-0.4, -0.2) is 21.2 Å². The molecule has 4 heteroatoms. The average Bonchev–Trinajstić information content (AvgIpc) is 2.33. The summed E-state index contributed by atoms with van der Waals surface area (Å²) in [6.07, 6.45) is 6.26. The van der Waals surface area contributed by atoms with Crippen LogP contribution in [0.15, 0.2) is 29.2 Å². The molecule has 0 heterocycles. The molecule has 1 N–H and O–H groups in total. The summed E-state index contributed by atoms with van der Waals surface area (Å²) in [4.78, 5) is 0.384. The van der Waals surface area contributed by atoms with Gasteiger partial charge in [0.2, 0.25) is 0 Å². The SMILES string of the molecule is CCCCCCNCc1ccc(S(C)(=O)=O)cc1. The number of benzene rings is 1. The molecular formula is C14H23NO2S. The third-order valence-electron chi connectivity index (χ3n) is 2.89. The Morgan fingerprint density at radius 3 is 2.28 bits per heavy atom. The van der Waals surface area contributed by atoms with Crippen LogP contribution in [0.2, 0.25) is 0 Å². The van der Waals surface area contributed by atoms with Crippen molar-refractivity contribution >= 4 is 9.84 Å². The van der Waals surface area contributed by atoms with Crippen molar-refractivity contribution in [1.29, 1.82) is 0 Å². The van der Waals surface area contributed by atoms with Crippen LogP contribution < -0.4 is 5.32 Å². The van der Waals surface area contributed by atoms with Gasteiger partial charge in [0.15, 0.2) is 9.84 Å². The molecule has 0 aliphatic carbocycles. The van der Waals surface area contributed by atoms with Gasteiger partial charge in [-0.1, -0.05) is 38.3 Å². The van der Waals surface area contributed by atoms with Crippen LogP contribution in [0.4, 0.5) is 0 Å². The Morgan fingerprint density at radius 1 is 1.06 bits per heavy atom. The van der Waals surface area contributed by atoms with E-state index in [4.69, 9.17) is 0 Å². The van der Waals surface area contributed by atoms with Gasteiger partial charge in [-0.25, -0.2) is 8.42 Å². The lowest BCUT2D eigenvalue weighted by atomic mass is 10.2. The maximum absolute atomic E-state index is 11.3. The number of hydrogen-bond acceptors (Lipinski definition) is 3. The van der Waals surface area contributed by atoms with E-state index < -0.39 is 9.84 Å². The van der Waals surface area contributed by atoms with Crippen LogP contribution in [0.1, 0.15) is 38.2 Å². The lowest BCUT2D eigenvalue weighted by molar-refractivity contribution is 0.597. The smallest absolute Gasteiger partial charge is 0.175 e. The van der Waals surface area contributed by atoms with Crippen LogP contribution in [0, 0.1) is 0 Å². The predicted molar refractivity (Wildman–Crippen MR) is 75.4 cm³/mol. The fourth-order valence-corrected chi connectivity index (χ4v) is 2.39. The fourth-order valence-electron chi connectivity index (χ4n) is 1.76. The highest BCUT2D eigenvalue weighted by atomic mass is 32.2. The first kappa shape index (κ1) is 15.2. The third kappa shape index (κ3) is 5.65. The van der Waals surface area contributed by atoms with Gasteiger partial charge in [0.25, 0.3) is 0 Å². The van der Waals surface area contributed by atoms with Crippen molar-refractivity contribution in [2.45, 2.75) is 44.0 Å². The van der Waals surface area contributed by atoms with E-state index in [0.29, 0.717) is 4.90 Å². The van der Waals surface area contributed by atoms with Gasteiger partial charge < -0.3 is 5.32 Å². The van der Waals surface area contributed by atoms with Crippen molar-refractivity contribution in [1.82, 2.24) is 5.32 Å². The molecular weight excluding hydrogens is 246 g/mol. The Bertz CT molecular complexity index is 437. The minimum atomic E-state index is -3.08. The summed E-state index contributed by atoms with van der Waals surface area (Å²) in [5.74, 6) is 0. The molecule has 0 spiro atoms. The molecule has 0 radical (unpaired) electrons. The molecule has 0 aromatic heterocycles. The van der Waals surface area contributed by atoms with Gasteiger partial charge in [0, 0.05) is 12.8 Å². The number of unbranched alkanes of at least 4 members (excludes halogenated alkanes) is 3. The zero-order chi connectivity index (χ0) is 13.4. The third-order valence-corrected chi connectivity index (χ3v) is 4.02. The Kier molecular flexibility index (Phi) is 6.36. The Labute approximate surface area is 111 Å². The van der Waals surface area contributed by atoms with Crippen molar-refractivity contribution in [3.05, 3.63) is 29.8 Å². The molecule has 1 rings (SSSR count). The number of sulfone groups is 1. The zero-order valence-electron chi connectivity index (χ0n) is 11.3. The molecule has 1 aromatic rings. The molecule has 0 atom stereocenters. The molecule has 0 aliphatic rings. The Morgan fingerprint density at radius 2 is 1.72 bits per heavy atom. The van der Waals surface area contributed by atoms with Crippen molar-refractivity contribution < 1.29 is 8.42 Å². The molecule has 18 heavy (non-hydrogen) atoms. The summed E-state index contributed by atoms with van der Waals surface area (Å²) in [6.45, 7) is 4.03. The highest BCUT2D eigenvalue weighted by Crippen LogP contribution is 2.10. The van der Waals surface area contributed by atoms with Gasteiger partial charge in [-0.3, -0.25) is 0 Å². The molecule has 0 bridgehead atoms. The molecule has 1 aromatic carbocycles. The van der Waals surface area contributed by atoms with E-state index in [2.05, 4.69) is 12.2 Å². The van der Waals surface area contributed by atoms with Crippen LogP contribution in [-0.2, 0) is 16.4 Å². The average molecular weight is 269 g/mol. The summed E-state index contributed by atoms with van der Waals surface area (Å²) in [7, 11) is -3.08. The lowest BCUT2D eigenvalue weighted by Crippen LogP contribution is -2.14. The molecule has 0 amide bonds. The zero-order valence-corrected chi connectivity index (χ0v) is 12.1. The first-order valence-electron chi connectivity index (χ1n) is 6.53. The van der Waals surface area contributed by atoms with Gasteiger partial charge in [-0.2, -0.15) is 0 Å². The van der Waals surface area contributed by atoms with Gasteiger partial charge >= 0.3 is 0 Å². The van der Waals surface area contributed by atoms with Crippen LogP contribution in [0.3, 0.4) is 0 Å². The molecule has 0 aliphatic heterocycles. The monoisotopic (exact) mass is 269 g/mol. The number of hydrogen-bond donors (Lipinski definition) is 1. The highest BCUT2D eigenvalue weighted by Gasteiger charge is 2.05. The minimum absolute atomic E-state index is 0.384. The maximum atomic E-state index is 11.3. The van der Waals surface area contributed by atoms with E-state index in [1.54, 1.807) is 12.1 Å². The molecule has 0 saturated carbocycles. The molecule has 102 valence electrons. The Hall–Kier alpha value is -0.870. The normalized spacial score (nSPS) is 11.7. The van der Waals surface area contributed by atoms with Crippen molar-refractivity contribution in [2.24, 2.45) is 0 Å². The summed E-state index contributed by atoms with van der Waals surface area (Å²) in [6, 6.07) is 7.08. The topological polar surface area (TPSA) is 46.2 Å². The first-order chi connectivity index (χ1) is 8.54. The van der Waals surface area contributed by atoms with E-state index in [1.165, 1.54) is 31.9 Å². The number of nitrogens with one attached hydrogen (secondary N) is 1. The van der Waals surface area contributed by atoms with Gasteiger partial charge in [-0.15, -0.1) is 0 Å². The summed E-state index contributed by atoms with van der Waals surface area (Å²) >= 11 is 0. The van der Waals surface area contributed by atoms with Crippen LogP contribution >= 0.6 is 0 Å². The first-order valence-corrected chi connectivity index (χ1v) is 8.43. The van der Waals surface area contributed by atoms with Gasteiger partial charge in [0.05, 0.1) is 4.90 Å². The molecule has 0 saturated heterocycles. The molecule has 0 fully saturated rings. The van der Waals surface area contributed by atoms with E-state index in [9.17, 15) is 8.42 Å². The second-order valence-corrected chi connectivity index (χ2v) is 6.67. The van der Waals surface area contributed by atoms with Gasteiger partial charge in [0.1, 0.15) is 0 Å². The van der Waals surface area contributed by atoms with Crippen LogP contribution in [0.5, 0.6) is 0 Å². The molecule has 0 unspecified atom stereocenters. The highest BCUT2D eigenvalue weighted by molar-refractivity contribution is 7.90. The second-order valence-electron chi connectivity index (χ2n) is 4.65. The minimum Gasteiger partial charge on any atom is -0.313 e. The summed E-state index contributed by atoms with van der Waals surface area (Å²) < 4.78 is 22.6.